The average molecular weight is 427 g/mol. The first-order valence-electron chi connectivity index (χ1n) is 9.50. The predicted molar refractivity (Wildman–Crippen MR) is 115 cm³/mol. The van der Waals surface area contributed by atoms with E-state index in [1.165, 1.54) is 5.56 Å². The van der Waals surface area contributed by atoms with Gasteiger partial charge in [-0.2, -0.15) is 4.98 Å². The molecule has 0 spiro atoms. The Balaban J connectivity index is 1.50. The van der Waals surface area contributed by atoms with Gasteiger partial charge in [0, 0.05) is 29.2 Å². The fraction of sp³-hybridized carbons (Fsp3) is 0.273. The first-order chi connectivity index (χ1) is 14.2. The highest BCUT2D eigenvalue weighted by molar-refractivity contribution is 6.30. The summed E-state index contributed by atoms with van der Waals surface area (Å²) in [6, 6.07) is 14.4. The topological polar surface area (TPSA) is 97.1 Å². The Labute approximate surface area is 179 Å². The van der Waals surface area contributed by atoms with Crippen molar-refractivity contribution in [2.45, 2.75) is 26.2 Å². The summed E-state index contributed by atoms with van der Waals surface area (Å²) in [5.41, 5.74) is 2.49. The number of carbonyl (C=O) groups excluding carboxylic acids is 2. The Kier molecular flexibility index (Phi) is 6.52. The minimum Gasteiger partial charge on any atom is -0.350 e. The van der Waals surface area contributed by atoms with Crippen LogP contribution in [0.25, 0.3) is 11.4 Å². The maximum Gasteiger partial charge on any atom is 0.316 e. The van der Waals surface area contributed by atoms with Crippen LogP contribution in [0.15, 0.2) is 53.1 Å². The van der Waals surface area contributed by atoms with E-state index in [0.717, 1.165) is 5.56 Å². The number of nitrogens with one attached hydrogen (secondary N) is 2. The van der Waals surface area contributed by atoms with Crippen LogP contribution in [0.3, 0.4) is 0 Å². The molecule has 0 aliphatic rings. The van der Waals surface area contributed by atoms with E-state index in [1.807, 2.05) is 24.3 Å². The fourth-order valence-corrected chi connectivity index (χ4v) is 2.81. The van der Waals surface area contributed by atoms with Gasteiger partial charge in [-0.3, -0.25) is 9.59 Å². The first-order valence-corrected chi connectivity index (χ1v) is 9.88. The number of hydrogen-bond donors (Lipinski definition) is 2. The van der Waals surface area contributed by atoms with Gasteiger partial charge in [-0.05, 0) is 35.2 Å². The molecular formula is C22H23ClN4O3. The van der Waals surface area contributed by atoms with Gasteiger partial charge in [-0.1, -0.05) is 61.8 Å². The SMILES string of the molecule is CC(C)(C)c1ccc(-c2noc(C(=O)NCCNC(=O)c3ccc(Cl)cc3)n2)cc1. The third-order valence-electron chi connectivity index (χ3n) is 4.43. The van der Waals surface area contributed by atoms with Crippen molar-refractivity contribution in [1.29, 1.82) is 0 Å². The van der Waals surface area contributed by atoms with Crippen LogP contribution in [0.5, 0.6) is 0 Å². The van der Waals surface area contributed by atoms with E-state index in [-0.39, 0.29) is 30.3 Å². The minimum atomic E-state index is -0.499. The lowest BCUT2D eigenvalue weighted by Crippen LogP contribution is -2.34. The van der Waals surface area contributed by atoms with Crippen LogP contribution >= 0.6 is 11.6 Å². The molecule has 8 heteroatoms. The summed E-state index contributed by atoms with van der Waals surface area (Å²) in [6.45, 7) is 6.88. The second-order valence-corrected chi connectivity index (χ2v) is 8.21. The Bertz CT molecular complexity index is 1020. The molecule has 0 aliphatic carbocycles. The summed E-state index contributed by atoms with van der Waals surface area (Å²) in [5.74, 6) is -0.536. The van der Waals surface area contributed by atoms with Crippen LogP contribution in [0.4, 0.5) is 0 Å². The number of benzene rings is 2. The first kappa shape index (κ1) is 21.5. The smallest absolute Gasteiger partial charge is 0.316 e. The molecular weight excluding hydrogens is 404 g/mol. The van der Waals surface area contributed by atoms with Crippen molar-refractivity contribution < 1.29 is 14.1 Å². The van der Waals surface area contributed by atoms with Gasteiger partial charge in [0.05, 0.1) is 0 Å². The molecule has 2 amide bonds. The second kappa shape index (κ2) is 9.09. The largest absolute Gasteiger partial charge is 0.350 e. The Morgan fingerprint density at radius 2 is 1.53 bits per heavy atom. The molecule has 156 valence electrons. The summed E-state index contributed by atoms with van der Waals surface area (Å²) < 4.78 is 5.06. The van der Waals surface area contributed by atoms with Gasteiger partial charge in [0.25, 0.3) is 5.91 Å². The van der Waals surface area contributed by atoms with Crippen LogP contribution in [-0.4, -0.2) is 35.0 Å². The molecule has 0 bridgehead atoms. The number of hydrogen-bond acceptors (Lipinski definition) is 5. The van der Waals surface area contributed by atoms with Gasteiger partial charge in [-0.25, -0.2) is 0 Å². The lowest BCUT2D eigenvalue weighted by atomic mass is 9.87. The van der Waals surface area contributed by atoms with E-state index in [1.54, 1.807) is 24.3 Å². The summed E-state index contributed by atoms with van der Waals surface area (Å²) in [4.78, 5) is 28.4. The van der Waals surface area contributed by atoms with Crippen molar-refractivity contribution in [2.75, 3.05) is 13.1 Å². The maximum atomic E-state index is 12.2. The van der Waals surface area contributed by atoms with Gasteiger partial charge >= 0.3 is 11.8 Å². The Morgan fingerprint density at radius 1 is 0.933 bits per heavy atom. The molecule has 0 atom stereocenters. The molecule has 7 nitrogen and oxygen atoms in total. The van der Waals surface area contributed by atoms with E-state index < -0.39 is 5.91 Å². The summed E-state index contributed by atoms with van der Waals surface area (Å²) in [7, 11) is 0. The molecule has 1 heterocycles. The molecule has 2 aromatic carbocycles. The molecule has 3 aromatic rings. The zero-order valence-corrected chi connectivity index (χ0v) is 17.8. The van der Waals surface area contributed by atoms with Gasteiger partial charge in [0.2, 0.25) is 5.82 Å². The molecule has 3 rings (SSSR count). The quantitative estimate of drug-likeness (QED) is 0.583. The third kappa shape index (κ3) is 5.45. The normalized spacial score (nSPS) is 11.2. The molecule has 0 radical (unpaired) electrons. The number of aromatic nitrogens is 2. The van der Waals surface area contributed by atoms with E-state index >= 15 is 0 Å². The lowest BCUT2D eigenvalue weighted by Gasteiger charge is -2.18. The number of nitrogens with zero attached hydrogens (tertiary/aromatic N) is 2. The molecule has 0 fully saturated rings. The zero-order chi connectivity index (χ0) is 21.7. The van der Waals surface area contributed by atoms with E-state index in [0.29, 0.717) is 16.4 Å². The van der Waals surface area contributed by atoms with E-state index in [2.05, 4.69) is 41.5 Å². The summed E-state index contributed by atoms with van der Waals surface area (Å²) in [5, 5.41) is 9.78. The molecule has 30 heavy (non-hydrogen) atoms. The van der Waals surface area contributed by atoms with Crippen LogP contribution in [0, 0.1) is 0 Å². The van der Waals surface area contributed by atoms with Crippen molar-refractivity contribution in [3.8, 4) is 11.4 Å². The number of halogens is 1. The number of rotatable bonds is 6. The number of carbonyl (C=O) groups is 2. The van der Waals surface area contributed by atoms with Crippen LogP contribution in [0.2, 0.25) is 5.02 Å². The van der Waals surface area contributed by atoms with E-state index in [4.69, 9.17) is 16.1 Å². The molecule has 0 saturated heterocycles. The van der Waals surface area contributed by atoms with Gasteiger partial charge < -0.3 is 15.2 Å². The van der Waals surface area contributed by atoms with Gasteiger partial charge in [0.1, 0.15) is 0 Å². The molecule has 2 N–H and O–H groups in total. The highest BCUT2D eigenvalue weighted by Crippen LogP contribution is 2.24. The third-order valence-corrected chi connectivity index (χ3v) is 4.68. The van der Waals surface area contributed by atoms with Crippen molar-refractivity contribution >= 4 is 23.4 Å². The van der Waals surface area contributed by atoms with Crippen molar-refractivity contribution in [2.24, 2.45) is 0 Å². The molecule has 0 unspecified atom stereocenters. The van der Waals surface area contributed by atoms with Crippen molar-refractivity contribution in [3.05, 3.63) is 70.6 Å². The van der Waals surface area contributed by atoms with Crippen molar-refractivity contribution in [1.82, 2.24) is 20.8 Å². The van der Waals surface area contributed by atoms with Gasteiger partial charge in [-0.15, -0.1) is 0 Å². The molecule has 0 saturated carbocycles. The minimum absolute atomic E-state index is 0.0454. The Morgan fingerprint density at radius 3 is 2.13 bits per heavy atom. The average Bonchev–Trinajstić information content (AvgIpc) is 3.21. The number of amides is 2. The maximum absolute atomic E-state index is 12.2. The fourth-order valence-electron chi connectivity index (χ4n) is 2.68. The summed E-state index contributed by atoms with van der Waals surface area (Å²) in [6.07, 6.45) is 0. The monoisotopic (exact) mass is 426 g/mol. The summed E-state index contributed by atoms with van der Waals surface area (Å²) >= 11 is 5.80. The molecule has 1 aromatic heterocycles. The Hall–Kier alpha value is -3.19. The highest BCUT2D eigenvalue weighted by Gasteiger charge is 2.17. The second-order valence-electron chi connectivity index (χ2n) is 7.77. The van der Waals surface area contributed by atoms with E-state index in [9.17, 15) is 9.59 Å². The predicted octanol–water partition coefficient (Wildman–Crippen LogP) is 3.85. The molecule has 0 aliphatic heterocycles. The van der Waals surface area contributed by atoms with Crippen LogP contribution in [0.1, 0.15) is 47.4 Å². The van der Waals surface area contributed by atoms with Crippen LogP contribution < -0.4 is 10.6 Å². The van der Waals surface area contributed by atoms with Crippen LogP contribution in [-0.2, 0) is 5.41 Å². The van der Waals surface area contributed by atoms with Crippen molar-refractivity contribution in [3.63, 3.8) is 0 Å². The lowest BCUT2D eigenvalue weighted by molar-refractivity contribution is 0.0898. The zero-order valence-electron chi connectivity index (χ0n) is 17.0. The standard InChI is InChI=1S/C22H23ClN4O3/c1-22(2,3)16-8-4-14(5-9-16)18-26-21(30-27-18)20(29)25-13-12-24-19(28)15-6-10-17(23)11-7-15/h4-11H,12-13H2,1-3H3,(H,24,28)(H,25,29). The van der Waals surface area contributed by atoms with Gasteiger partial charge in [0.15, 0.2) is 0 Å². The highest BCUT2D eigenvalue weighted by atomic mass is 35.5.